The molecule has 2 rings (SSSR count). The summed E-state index contributed by atoms with van der Waals surface area (Å²) in [7, 11) is 0. The van der Waals surface area contributed by atoms with Crippen LogP contribution in [0.15, 0.2) is 41.1 Å². The summed E-state index contributed by atoms with van der Waals surface area (Å²) in [5, 5.41) is 4.23. The number of hydrogen-bond acceptors (Lipinski definition) is 1. The number of nitrogens with zero attached hydrogens (tertiary/aromatic N) is 2. The maximum atomic E-state index is 5.71. The number of rotatable bonds is 3. The zero-order valence-corrected chi connectivity index (χ0v) is 10.4. The fraction of sp³-hybridized carbons (Fsp3) is 0.182. The minimum Gasteiger partial charge on any atom is -0.268 e. The molecule has 0 amide bonds. The molecule has 0 saturated carbocycles. The Labute approximate surface area is 102 Å². The normalized spacial score (nSPS) is 10.5. The van der Waals surface area contributed by atoms with Crippen LogP contribution in [0, 0.1) is 0 Å². The molecule has 2 aromatic rings. The summed E-state index contributed by atoms with van der Waals surface area (Å²) >= 11 is 9.15. The highest BCUT2D eigenvalue weighted by atomic mass is 79.9. The van der Waals surface area contributed by atoms with Gasteiger partial charge in [0.15, 0.2) is 0 Å². The molecule has 1 heterocycles. The van der Waals surface area contributed by atoms with Crippen LogP contribution in [-0.2, 0) is 12.4 Å². The van der Waals surface area contributed by atoms with Gasteiger partial charge in [0.25, 0.3) is 0 Å². The lowest BCUT2D eigenvalue weighted by Crippen LogP contribution is -1.99. The second-order valence-electron chi connectivity index (χ2n) is 3.31. The van der Waals surface area contributed by atoms with E-state index in [1.165, 1.54) is 5.56 Å². The predicted molar refractivity (Wildman–Crippen MR) is 65.0 cm³/mol. The van der Waals surface area contributed by atoms with Crippen molar-refractivity contribution in [1.82, 2.24) is 9.78 Å². The number of halogens is 2. The molecule has 0 atom stereocenters. The zero-order chi connectivity index (χ0) is 10.7. The number of aromatic nitrogens is 2. The van der Waals surface area contributed by atoms with Crippen molar-refractivity contribution < 1.29 is 0 Å². The minimum atomic E-state index is 0.512. The molecular formula is C11H10BrClN2. The molecule has 0 bridgehead atoms. The van der Waals surface area contributed by atoms with E-state index in [1.807, 2.05) is 23.0 Å². The van der Waals surface area contributed by atoms with Crippen molar-refractivity contribution in [3.8, 4) is 0 Å². The summed E-state index contributed by atoms with van der Waals surface area (Å²) in [6.07, 6.45) is 3.76. The first-order valence-corrected chi connectivity index (χ1v) is 5.92. The first-order valence-electron chi connectivity index (χ1n) is 4.59. The summed E-state index contributed by atoms with van der Waals surface area (Å²) in [5.41, 5.74) is 2.26. The van der Waals surface area contributed by atoms with E-state index in [4.69, 9.17) is 11.6 Å². The molecule has 2 nitrogen and oxygen atoms in total. The van der Waals surface area contributed by atoms with Gasteiger partial charge >= 0.3 is 0 Å². The fourth-order valence-corrected chi connectivity index (χ4v) is 1.97. The van der Waals surface area contributed by atoms with Crippen LogP contribution in [0.5, 0.6) is 0 Å². The summed E-state index contributed by atoms with van der Waals surface area (Å²) in [4.78, 5) is 0. The third-order valence-corrected chi connectivity index (χ3v) is 2.88. The molecule has 1 aromatic heterocycles. The van der Waals surface area contributed by atoms with Crippen molar-refractivity contribution in [1.29, 1.82) is 0 Å². The molecule has 0 spiro atoms. The Morgan fingerprint density at radius 2 is 2.20 bits per heavy atom. The Kier molecular flexibility index (Phi) is 3.44. The van der Waals surface area contributed by atoms with Crippen molar-refractivity contribution in [2.24, 2.45) is 0 Å². The van der Waals surface area contributed by atoms with E-state index in [-0.39, 0.29) is 0 Å². The van der Waals surface area contributed by atoms with Crippen molar-refractivity contribution in [2.75, 3.05) is 0 Å². The minimum absolute atomic E-state index is 0.512. The Hall–Kier alpha value is -0.800. The van der Waals surface area contributed by atoms with Gasteiger partial charge in [-0.2, -0.15) is 5.10 Å². The number of benzene rings is 1. The van der Waals surface area contributed by atoms with Gasteiger partial charge in [-0.3, -0.25) is 4.68 Å². The van der Waals surface area contributed by atoms with Crippen LogP contribution in [0.2, 0.25) is 0 Å². The van der Waals surface area contributed by atoms with Crippen LogP contribution in [0.3, 0.4) is 0 Å². The average Bonchev–Trinajstić information content (AvgIpc) is 2.65. The molecule has 0 radical (unpaired) electrons. The number of alkyl halides is 1. The van der Waals surface area contributed by atoms with Crippen LogP contribution >= 0.6 is 27.5 Å². The summed E-state index contributed by atoms with van der Waals surface area (Å²) in [6, 6.07) is 8.19. The Morgan fingerprint density at radius 1 is 1.33 bits per heavy atom. The molecule has 15 heavy (non-hydrogen) atoms. The van der Waals surface area contributed by atoms with Crippen molar-refractivity contribution >= 4 is 27.5 Å². The van der Waals surface area contributed by atoms with Gasteiger partial charge < -0.3 is 0 Å². The largest absolute Gasteiger partial charge is 0.268 e. The standard InChI is InChI=1S/C11H10BrClN2/c12-11-3-1-2-9(4-11)7-15-8-10(5-13)6-14-15/h1-4,6,8H,5,7H2. The molecule has 0 unspecified atom stereocenters. The van der Waals surface area contributed by atoms with Crippen LogP contribution in [0.4, 0.5) is 0 Å². The molecule has 78 valence electrons. The molecule has 0 aliphatic rings. The molecular weight excluding hydrogens is 275 g/mol. The number of hydrogen-bond donors (Lipinski definition) is 0. The van der Waals surface area contributed by atoms with Gasteiger partial charge in [-0.1, -0.05) is 28.1 Å². The predicted octanol–water partition coefficient (Wildman–Crippen LogP) is 3.43. The fourth-order valence-electron chi connectivity index (χ4n) is 1.38. The third kappa shape index (κ3) is 2.83. The molecule has 0 saturated heterocycles. The van der Waals surface area contributed by atoms with E-state index in [9.17, 15) is 0 Å². The van der Waals surface area contributed by atoms with Gasteiger partial charge in [0.05, 0.1) is 18.6 Å². The summed E-state index contributed by atoms with van der Waals surface area (Å²) < 4.78 is 2.98. The van der Waals surface area contributed by atoms with E-state index in [2.05, 4.69) is 33.2 Å². The molecule has 0 aliphatic carbocycles. The Bertz CT molecular complexity index is 453. The lowest BCUT2D eigenvalue weighted by molar-refractivity contribution is 0.686. The monoisotopic (exact) mass is 284 g/mol. The van der Waals surface area contributed by atoms with Gasteiger partial charge in [-0.25, -0.2) is 0 Å². The highest BCUT2D eigenvalue weighted by molar-refractivity contribution is 9.10. The molecule has 0 fully saturated rings. The Morgan fingerprint density at radius 3 is 2.87 bits per heavy atom. The summed E-state index contributed by atoms with van der Waals surface area (Å²) in [6.45, 7) is 0.774. The lowest BCUT2D eigenvalue weighted by Gasteiger charge is -2.01. The maximum absolute atomic E-state index is 5.71. The van der Waals surface area contributed by atoms with Gasteiger partial charge in [0, 0.05) is 16.2 Å². The van der Waals surface area contributed by atoms with E-state index in [0.717, 1.165) is 16.6 Å². The first kappa shape index (κ1) is 10.7. The Balaban J connectivity index is 2.14. The SMILES string of the molecule is ClCc1cnn(Cc2cccc(Br)c2)c1. The van der Waals surface area contributed by atoms with E-state index < -0.39 is 0 Å². The second kappa shape index (κ2) is 4.81. The summed E-state index contributed by atoms with van der Waals surface area (Å²) in [5.74, 6) is 0.512. The zero-order valence-electron chi connectivity index (χ0n) is 8.03. The van der Waals surface area contributed by atoms with Gasteiger partial charge in [-0.05, 0) is 17.7 Å². The molecule has 0 N–H and O–H groups in total. The molecule has 1 aromatic carbocycles. The van der Waals surface area contributed by atoms with Crippen molar-refractivity contribution in [3.05, 3.63) is 52.3 Å². The van der Waals surface area contributed by atoms with Gasteiger partial charge in [-0.15, -0.1) is 11.6 Å². The van der Waals surface area contributed by atoms with E-state index in [0.29, 0.717) is 5.88 Å². The smallest absolute Gasteiger partial charge is 0.0659 e. The van der Waals surface area contributed by atoms with E-state index in [1.54, 1.807) is 6.20 Å². The van der Waals surface area contributed by atoms with Crippen LogP contribution in [0.25, 0.3) is 0 Å². The van der Waals surface area contributed by atoms with Gasteiger partial charge in [0.2, 0.25) is 0 Å². The molecule has 4 heteroatoms. The highest BCUT2D eigenvalue weighted by Crippen LogP contribution is 2.13. The molecule has 0 aliphatic heterocycles. The van der Waals surface area contributed by atoms with Crippen LogP contribution < -0.4 is 0 Å². The van der Waals surface area contributed by atoms with Crippen LogP contribution in [0.1, 0.15) is 11.1 Å². The van der Waals surface area contributed by atoms with Crippen molar-refractivity contribution in [2.45, 2.75) is 12.4 Å². The van der Waals surface area contributed by atoms with Gasteiger partial charge in [0.1, 0.15) is 0 Å². The first-order chi connectivity index (χ1) is 7.28. The average molecular weight is 286 g/mol. The van der Waals surface area contributed by atoms with Crippen molar-refractivity contribution in [3.63, 3.8) is 0 Å². The lowest BCUT2D eigenvalue weighted by atomic mass is 10.2. The second-order valence-corrected chi connectivity index (χ2v) is 4.49. The quantitative estimate of drug-likeness (QED) is 0.790. The highest BCUT2D eigenvalue weighted by Gasteiger charge is 1.99. The topological polar surface area (TPSA) is 17.8 Å². The third-order valence-electron chi connectivity index (χ3n) is 2.07. The van der Waals surface area contributed by atoms with E-state index >= 15 is 0 Å². The van der Waals surface area contributed by atoms with Crippen LogP contribution in [-0.4, -0.2) is 9.78 Å². The maximum Gasteiger partial charge on any atom is 0.0659 e.